The van der Waals surface area contributed by atoms with E-state index in [-0.39, 0.29) is 18.8 Å². The van der Waals surface area contributed by atoms with Crippen LogP contribution in [0.2, 0.25) is 0 Å². The molecule has 20 heavy (non-hydrogen) atoms. The number of nitrogens with two attached hydrogens (primary N) is 1. The third-order valence-electron chi connectivity index (χ3n) is 2.81. The molecule has 0 saturated carbocycles. The van der Waals surface area contributed by atoms with Crippen molar-refractivity contribution in [3.63, 3.8) is 0 Å². The van der Waals surface area contributed by atoms with Crippen LogP contribution in [0.4, 0.5) is 4.39 Å². The fourth-order valence-corrected chi connectivity index (χ4v) is 1.84. The van der Waals surface area contributed by atoms with E-state index in [9.17, 15) is 9.18 Å². The third-order valence-corrected chi connectivity index (χ3v) is 2.81. The Morgan fingerprint density at radius 2 is 2.10 bits per heavy atom. The molecule has 2 aromatic rings. The molecule has 0 saturated heterocycles. The maximum absolute atomic E-state index is 13.6. The van der Waals surface area contributed by atoms with Gasteiger partial charge in [0.1, 0.15) is 23.4 Å². The highest BCUT2D eigenvalue weighted by Crippen LogP contribution is 2.25. The van der Waals surface area contributed by atoms with Crippen LogP contribution in [0.1, 0.15) is 12.7 Å². The van der Waals surface area contributed by atoms with E-state index in [2.05, 4.69) is 0 Å². The Balaban J connectivity index is 2.10. The van der Waals surface area contributed by atoms with Gasteiger partial charge in [0, 0.05) is 6.42 Å². The zero-order chi connectivity index (χ0) is 14.5. The van der Waals surface area contributed by atoms with Crippen molar-refractivity contribution >= 4 is 5.97 Å². The number of benzene rings is 1. The van der Waals surface area contributed by atoms with Gasteiger partial charge in [-0.15, -0.1) is 0 Å². The normalized spacial score (nSPS) is 12.2. The predicted molar refractivity (Wildman–Crippen MR) is 72.4 cm³/mol. The summed E-state index contributed by atoms with van der Waals surface area (Å²) in [6, 6.07) is 8.89. The lowest BCUT2D eigenvalue weighted by Gasteiger charge is -2.08. The van der Waals surface area contributed by atoms with Crippen LogP contribution in [0.5, 0.6) is 0 Å². The molecular formula is C15H16FNO3. The first-order valence-corrected chi connectivity index (χ1v) is 6.37. The molecule has 1 aromatic carbocycles. The molecule has 1 atom stereocenters. The molecule has 0 radical (unpaired) electrons. The van der Waals surface area contributed by atoms with Gasteiger partial charge < -0.3 is 14.9 Å². The van der Waals surface area contributed by atoms with Gasteiger partial charge in [0.2, 0.25) is 0 Å². The van der Waals surface area contributed by atoms with Crippen molar-refractivity contribution in [1.82, 2.24) is 0 Å². The minimum atomic E-state index is -0.783. The van der Waals surface area contributed by atoms with E-state index in [1.807, 2.05) is 0 Å². The monoisotopic (exact) mass is 277 g/mol. The topological polar surface area (TPSA) is 65.5 Å². The second kappa shape index (κ2) is 6.34. The average molecular weight is 277 g/mol. The van der Waals surface area contributed by atoms with Crippen LogP contribution in [0.3, 0.4) is 0 Å². The molecule has 1 aromatic heterocycles. The molecule has 0 aliphatic carbocycles. The summed E-state index contributed by atoms with van der Waals surface area (Å²) in [5.74, 6) is 0.0948. The van der Waals surface area contributed by atoms with Gasteiger partial charge >= 0.3 is 5.97 Å². The minimum absolute atomic E-state index is 0.216. The number of carbonyl (C=O) groups is 1. The summed E-state index contributed by atoms with van der Waals surface area (Å²) >= 11 is 0. The second-order valence-corrected chi connectivity index (χ2v) is 4.31. The largest absolute Gasteiger partial charge is 0.465 e. The van der Waals surface area contributed by atoms with Crippen LogP contribution >= 0.6 is 0 Å². The molecule has 0 amide bonds. The first-order valence-electron chi connectivity index (χ1n) is 6.37. The number of esters is 1. The Morgan fingerprint density at radius 1 is 1.35 bits per heavy atom. The third kappa shape index (κ3) is 3.24. The molecule has 0 aliphatic rings. The first-order chi connectivity index (χ1) is 9.61. The number of hydrogen-bond acceptors (Lipinski definition) is 4. The molecule has 0 fully saturated rings. The fraction of sp³-hybridized carbons (Fsp3) is 0.267. The van der Waals surface area contributed by atoms with Crippen molar-refractivity contribution in [2.45, 2.75) is 19.4 Å². The van der Waals surface area contributed by atoms with E-state index in [4.69, 9.17) is 14.9 Å². The predicted octanol–water partition coefficient (Wildman–Crippen LogP) is 2.52. The van der Waals surface area contributed by atoms with Crippen molar-refractivity contribution in [2.24, 2.45) is 5.73 Å². The quantitative estimate of drug-likeness (QED) is 0.853. The molecule has 2 N–H and O–H groups in total. The fourth-order valence-electron chi connectivity index (χ4n) is 1.84. The number of halogens is 1. The molecule has 0 spiro atoms. The van der Waals surface area contributed by atoms with Crippen molar-refractivity contribution in [2.75, 3.05) is 6.61 Å². The lowest BCUT2D eigenvalue weighted by Crippen LogP contribution is -2.34. The average Bonchev–Trinajstić information content (AvgIpc) is 2.87. The van der Waals surface area contributed by atoms with E-state index in [1.54, 1.807) is 37.3 Å². The molecule has 0 aliphatic heterocycles. The van der Waals surface area contributed by atoms with Crippen LogP contribution in [0.15, 0.2) is 40.8 Å². The van der Waals surface area contributed by atoms with Crippen LogP contribution < -0.4 is 5.73 Å². The van der Waals surface area contributed by atoms with Gasteiger partial charge in [-0.3, -0.25) is 4.79 Å². The van der Waals surface area contributed by atoms with Gasteiger partial charge in [0.15, 0.2) is 0 Å². The minimum Gasteiger partial charge on any atom is -0.465 e. The van der Waals surface area contributed by atoms with Crippen molar-refractivity contribution in [1.29, 1.82) is 0 Å². The zero-order valence-electron chi connectivity index (χ0n) is 11.1. The molecule has 2 rings (SSSR count). The lowest BCUT2D eigenvalue weighted by molar-refractivity contribution is -0.144. The highest BCUT2D eigenvalue weighted by atomic mass is 19.1. The Bertz CT molecular complexity index is 594. The number of rotatable bonds is 5. The molecule has 0 bridgehead atoms. The van der Waals surface area contributed by atoms with Gasteiger partial charge in [-0.05, 0) is 31.2 Å². The van der Waals surface area contributed by atoms with Crippen LogP contribution in [-0.2, 0) is 16.0 Å². The van der Waals surface area contributed by atoms with Crippen molar-refractivity contribution in [3.05, 3.63) is 48.0 Å². The smallest absolute Gasteiger partial charge is 0.323 e. The standard InChI is InChI=1S/C15H16FNO3/c1-2-19-15(18)13(17)9-10-7-8-14(20-10)11-5-3-4-6-12(11)16/h3-8,13H,2,9,17H2,1H3. The Hall–Kier alpha value is -2.14. The number of furan rings is 1. The van der Waals surface area contributed by atoms with Gasteiger partial charge in [0.05, 0.1) is 12.2 Å². The van der Waals surface area contributed by atoms with Crippen LogP contribution in [0.25, 0.3) is 11.3 Å². The summed E-state index contributed by atoms with van der Waals surface area (Å²) in [4.78, 5) is 11.4. The Labute approximate surface area is 116 Å². The second-order valence-electron chi connectivity index (χ2n) is 4.31. The maximum atomic E-state index is 13.6. The molecular weight excluding hydrogens is 261 g/mol. The van der Waals surface area contributed by atoms with Gasteiger partial charge in [-0.2, -0.15) is 0 Å². The highest BCUT2D eigenvalue weighted by Gasteiger charge is 2.18. The zero-order valence-corrected chi connectivity index (χ0v) is 11.1. The molecule has 5 heteroatoms. The molecule has 4 nitrogen and oxygen atoms in total. The number of ether oxygens (including phenoxy) is 1. The summed E-state index contributed by atoms with van der Waals surface area (Å²) in [5, 5.41) is 0. The summed E-state index contributed by atoms with van der Waals surface area (Å²) in [7, 11) is 0. The van der Waals surface area contributed by atoms with Crippen molar-refractivity contribution in [3.8, 4) is 11.3 Å². The van der Waals surface area contributed by atoms with E-state index in [0.29, 0.717) is 17.1 Å². The molecule has 1 unspecified atom stereocenters. The van der Waals surface area contributed by atoms with E-state index >= 15 is 0 Å². The van der Waals surface area contributed by atoms with E-state index < -0.39 is 12.0 Å². The summed E-state index contributed by atoms with van der Waals surface area (Å²) < 4.78 is 24.0. The lowest BCUT2D eigenvalue weighted by atomic mass is 10.1. The van der Waals surface area contributed by atoms with Crippen LogP contribution in [-0.4, -0.2) is 18.6 Å². The maximum Gasteiger partial charge on any atom is 0.323 e. The SMILES string of the molecule is CCOC(=O)C(N)Cc1ccc(-c2ccccc2F)o1. The van der Waals surface area contributed by atoms with Gasteiger partial charge in [-0.1, -0.05) is 12.1 Å². The Morgan fingerprint density at radius 3 is 2.80 bits per heavy atom. The number of hydrogen-bond donors (Lipinski definition) is 1. The van der Waals surface area contributed by atoms with Crippen LogP contribution in [0, 0.1) is 5.82 Å². The van der Waals surface area contributed by atoms with Gasteiger partial charge in [-0.25, -0.2) is 4.39 Å². The first kappa shape index (κ1) is 14.3. The van der Waals surface area contributed by atoms with E-state index in [1.165, 1.54) is 6.07 Å². The van der Waals surface area contributed by atoms with Gasteiger partial charge in [0.25, 0.3) is 0 Å². The number of carbonyl (C=O) groups excluding carboxylic acids is 1. The van der Waals surface area contributed by atoms with Crippen molar-refractivity contribution < 1.29 is 18.3 Å². The summed E-state index contributed by atoms with van der Waals surface area (Å²) in [5.41, 5.74) is 6.08. The summed E-state index contributed by atoms with van der Waals surface area (Å²) in [6.07, 6.45) is 0.216. The Kier molecular flexibility index (Phi) is 4.53. The highest BCUT2D eigenvalue weighted by molar-refractivity contribution is 5.75. The summed E-state index contributed by atoms with van der Waals surface area (Å²) in [6.45, 7) is 2.00. The molecule has 106 valence electrons. The molecule has 1 heterocycles. The van der Waals surface area contributed by atoms with E-state index in [0.717, 1.165) is 0 Å².